The van der Waals surface area contributed by atoms with Crippen molar-refractivity contribution in [3.63, 3.8) is 0 Å². The fourth-order valence-electron chi connectivity index (χ4n) is 4.37. The molecule has 0 bridgehead atoms. The second-order valence-corrected chi connectivity index (χ2v) is 8.19. The molecule has 1 unspecified atom stereocenters. The van der Waals surface area contributed by atoms with Crippen molar-refractivity contribution < 1.29 is 18.3 Å². The Kier molecular flexibility index (Phi) is 5.78. The Morgan fingerprint density at radius 2 is 1.71 bits per heavy atom. The summed E-state index contributed by atoms with van der Waals surface area (Å²) in [6, 6.07) is 16.0. The van der Waals surface area contributed by atoms with Gasteiger partial charge in [-0.2, -0.15) is 18.4 Å². The molecule has 1 fully saturated rings. The number of aromatic nitrogens is 1. The van der Waals surface area contributed by atoms with Crippen LogP contribution in [0, 0.1) is 11.3 Å². The average Bonchev–Trinajstić information content (AvgIpc) is 3.12. The predicted molar refractivity (Wildman–Crippen MR) is 112 cm³/mol. The summed E-state index contributed by atoms with van der Waals surface area (Å²) in [6.45, 7) is 0.921. The molecule has 1 atom stereocenters. The van der Waals surface area contributed by atoms with Crippen molar-refractivity contribution in [2.24, 2.45) is 0 Å². The first-order chi connectivity index (χ1) is 14.8. The molecule has 4 rings (SSSR count). The number of β-amino-alcohol motifs (C(OH)–C–C–N with tert-alkyl or cyclic N) is 1. The molecule has 1 N–H and O–H groups in total. The van der Waals surface area contributed by atoms with Gasteiger partial charge in [0.25, 0.3) is 0 Å². The number of alkyl halides is 3. The molecule has 1 aromatic heterocycles. The first kappa shape index (κ1) is 21.4. The number of nitriles is 1. The highest BCUT2D eigenvalue weighted by atomic mass is 19.4. The summed E-state index contributed by atoms with van der Waals surface area (Å²) in [7, 11) is 0. The molecule has 162 valence electrons. The number of hydrogen-bond donors (Lipinski definition) is 1. The molecule has 7 heteroatoms. The summed E-state index contributed by atoms with van der Waals surface area (Å²) in [5.74, 6) is 0. The van der Waals surface area contributed by atoms with Gasteiger partial charge in [-0.1, -0.05) is 42.8 Å². The Balaban J connectivity index is 1.84. The largest absolute Gasteiger partial charge is 0.422 e. The molecule has 1 aliphatic rings. The number of piperidine rings is 1. The van der Waals surface area contributed by atoms with E-state index in [0.717, 1.165) is 24.8 Å². The lowest BCUT2D eigenvalue weighted by atomic mass is 9.91. The van der Waals surface area contributed by atoms with Crippen LogP contribution in [0.3, 0.4) is 0 Å². The Morgan fingerprint density at radius 3 is 2.35 bits per heavy atom. The van der Waals surface area contributed by atoms with E-state index in [1.54, 1.807) is 15.5 Å². The first-order valence-corrected chi connectivity index (χ1v) is 10.4. The minimum absolute atomic E-state index is 0.166. The molecule has 0 aliphatic carbocycles. The van der Waals surface area contributed by atoms with Crippen LogP contribution in [-0.4, -0.2) is 40.4 Å². The molecule has 0 saturated carbocycles. The monoisotopic (exact) mass is 427 g/mol. The standard InChI is InChI=1S/C24H24F3N3O/c25-24(26,27)23(31,17-29-11-5-2-6-12-29)21-16-30(15-18-7-3-1-4-8-18)22-13-19(14-28)9-10-20(21)22/h1,3-4,7-10,13,16,31H,2,5-6,11-12,15,17H2. The summed E-state index contributed by atoms with van der Waals surface area (Å²) < 4.78 is 44.6. The van der Waals surface area contributed by atoms with Gasteiger partial charge in [-0.25, -0.2) is 0 Å². The number of halogens is 3. The van der Waals surface area contributed by atoms with E-state index in [-0.39, 0.29) is 5.56 Å². The second kappa shape index (κ2) is 8.37. The van der Waals surface area contributed by atoms with E-state index in [9.17, 15) is 23.5 Å². The molecule has 0 spiro atoms. The van der Waals surface area contributed by atoms with Crippen molar-refractivity contribution in [2.45, 2.75) is 37.6 Å². The highest BCUT2D eigenvalue weighted by Crippen LogP contribution is 2.43. The van der Waals surface area contributed by atoms with Crippen LogP contribution >= 0.6 is 0 Å². The van der Waals surface area contributed by atoms with Crippen molar-refractivity contribution in [1.29, 1.82) is 5.26 Å². The quantitative estimate of drug-likeness (QED) is 0.637. The van der Waals surface area contributed by atoms with Crippen LogP contribution in [0.2, 0.25) is 0 Å². The summed E-state index contributed by atoms with van der Waals surface area (Å²) >= 11 is 0. The zero-order valence-corrected chi connectivity index (χ0v) is 17.1. The van der Waals surface area contributed by atoms with Gasteiger partial charge in [0.15, 0.2) is 0 Å². The topological polar surface area (TPSA) is 52.2 Å². The Hall–Kier alpha value is -2.82. The Labute approximate surface area is 179 Å². The SMILES string of the molecule is N#Cc1ccc2c(C(O)(CN3CCCCC3)C(F)(F)F)cn(Cc3ccccc3)c2c1. The van der Waals surface area contributed by atoms with Crippen LogP contribution in [0.5, 0.6) is 0 Å². The molecule has 1 saturated heterocycles. The highest BCUT2D eigenvalue weighted by molar-refractivity contribution is 5.86. The third kappa shape index (κ3) is 4.18. The minimum Gasteiger partial charge on any atom is -0.375 e. The molecule has 2 heterocycles. The van der Waals surface area contributed by atoms with Crippen LogP contribution in [0.4, 0.5) is 13.2 Å². The number of rotatable bonds is 5. The summed E-state index contributed by atoms with van der Waals surface area (Å²) in [6.07, 6.45) is -0.792. The number of aliphatic hydroxyl groups is 1. The number of nitrogens with zero attached hydrogens (tertiary/aromatic N) is 3. The van der Waals surface area contributed by atoms with Crippen molar-refractivity contribution in [1.82, 2.24) is 9.47 Å². The van der Waals surface area contributed by atoms with Crippen LogP contribution in [0.25, 0.3) is 10.9 Å². The van der Waals surface area contributed by atoms with Crippen molar-refractivity contribution in [2.75, 3.05) is 19.6 Å². The van der Waals surface area contributed by atoms with Gasteiger partial charge in [0.2, 0.25) is 5.60 Å². The van der Waals surface area contributed by atoms with Crippen LogP contribution in [-0.2, 0) is 12.1 Å². The summed E-state index contributed by atoms with van der Waals surface area (Å²) in [5, 5.41) is 20.7. The maximum Gasteiger partial charge on any atom is 0.422 e. The van der Waals surface area contributed by atoms with E-state index < -0.39 is 18.3 Å². The number of hydrogen-bond acceptors (Lipinski definition) is 3. The number of benzene rings is 2. The highest BCUT2D eigenvalue weighted by Gasteiger charge is 2.57. The van der Waals surface area contributed by atoms with Crippen molar-refractivity contribution >= 4 is 10.9 Å². The minimum atomic E-state index is -4.84. The van der Waals surface area contributed by atoms with E-state index in [4.69, 9.17) is 0 Å². The first-order valence-electron chi connectivity index (χ1n) is 10.4. The van der Waals surface area contributed by atoms with Gasteiger partial charge < -0.3 is 9.67 Å². The molecular weight excluding hydrogens is 403 g/mol. The summed E-state index contributed by atoms with van der Waals surface area (Å²) in [4.78, 5) is 1.70. The number of fused-ring (bicyclic) bond motifs is 1. The lowest BCUT2D eigenvalue weighted by Gasteiger charge is -2.37. The third-order valence-corrected chi connectivity index (χ3v) is 6.02. The molecule has 31 heavy (non-hydrogen) atoms. The molecular formula is C24H24F3N3O. The van der Waals surface area contributed by atoms with Gasteiger partial charge in [0.05, 0.1) is 17.1 Å². The summed E-state index contributed by atoms with van der Waals surface area (Å²) in [5.41, 5.74) is -1.39. The zero-order valence-electron chi connectivity index (χ0n) is 17.1. The van der Waals surface area contributed by atoms with Crippen LogP contribution in [0.15, 0.2) is 54.7 Å². The fraction of sp³-hybridized carbons (Fsp3) is 0.375. The van der Waals surface area contributed by atoms with Crippen LogP contribution in [0.1, 0.15) is 36.0 Å². The van der Waals surface area contributed by atoms with Gasteiger partial charge in [-0.05, 0) is 43.6 Å². The van der Waals surface area contributed by atoms with Gasteiger partial charge in [-0.3, -0.25) is 4.90 Å². The molecule has 3 aromatic rings. The number of likely N-dealkylation sites (tertiary alicyclic amines) is 1. The van der Waals surface area contributed by atoms with Gasteiger partial charge in [-0.15, -0.1) is 0 Å². The van der Waals surface area contributed by atoms with Crippen molar-refractivity contribution in [3.8, 4) is 6.07 Å². The van der Waals surface area contributed by atoms with Gasteiger partial charge in [0.1, 0.15) is 0 Å². The molecule has 0 amide bonds. The van der Waals surface area contributed by atoms with Gasteiger partial charge in [0, 0.05) is 30.2 Å². The fourth-order valence-corrected chi connectivity index (χ4v) is 4.37. The molecule has 1 aliphatic heterocycles. The second-order valence-electron chi connectivity index (χ2n) is 8.19. The third-order valence-electron chi connectivity index (χ3n) is 6.02. The van der Waals surface area contributed by atoms with E-state index in [1.165, 1.54) is 18.3 Å². The Bertz CT molecular complexity index is 1090. The average molecular weight is 427 g/mol. The lowest BCUT2D eigenvalue weighted by molar-refractivity contribution is -0.271. The molecule has 4 nitrogen and oxygen atoms in total. The van der Waals surface area contributed by atoms with Crippen molar-refractivity contribution in [3.05, 3.63) is 71.4 Å². The molecule has 0 radical (unpaired) electrons. The predicted octanol–water partition coefficient (Wildman–Crippen LogP) is 4.80. The zero-order chi connectivity index (χ0) is 22.1. The Morgan fingerprint density at radius 1 is 1.00 bits per heavy atom. The smallest absolute Gasteiger partial charge is 0.375 e. The van der Waals surface area contributed by atoms with Crippen LogP contribution < -0.4 is 0 Å². The maximum atomic E-state index is 14.3. The van der Waals surface area contributed by atoms with E-state index >= 15 is 0 Å². The van der Waals surface area contributed by atoms with E-state index in [2.05, 4.69) is 0 Å². The van der Waals surface area contributed by atoms with Gasteiger partial charge >= 0.3 is 6.18 Å². The normalized spacial score (nSPS) is 17.4. The molecule has 2 aromatic carbocycles. The van der Waals surface area contributed by atoms with E-state index in [1.807, 2.05) is 36.4 Å². The lowest BCUT2D eigenvalue weighted by Crippen LogP contribution is -2.52. The van der Waals surface area contributed by atoms with E-state index in [0.29, 0.717) is 36.1 Å². The maximum absolute atomic E-state index is 14.3.